The van der Waals surface area contributed by atoms with Crippen LogP contribution in [-0.4, -0.2) is 27.3 Å². The number of benzene rings is 2. The van der Waals surface area contributed by atoms with Gasteiger partial charge in [-0.25, -0.2) is 4.98 Å². The van der Waals surface area contributed by atoms with Gasteiger partial charge in [0, 0.05) is 12.1 Å². The number of para-hydroxylation sites is 2. The number of imidazole rings is 1. The molecule has 0 radical (unpaired) electrons. The number of aryl methyl sites for hydroxylation is 1. The lowest BCUT2D eigenvalue weighted by Gasteiger charge is -2.24. The number of nitrogens with zero attached hydrogens (tertiary/aromatic N) is 2. The molecule has 1 aromatic heterocycles. The summed E-state index contributed by atoms with van der Waals surface area (Å²) in [4.78, 5) is 23.0. The molecule has 1 N–H and O–H groups in total. The summed E-state index contributed by atoms with van der Waals surface area (Å²) in [5, 5.41) is 0. The Hall–Kier alpha value is -2.62. The molecule has 1 fully saturated rings. The molecule has 1 amide bonds. The van der Waals surface area contributed by atoms with Crippen LogP contribution in [0.4, 0.5) is 0 Å². The molecular formula is C19H19N3O. The maximum atomic E-state index is 13.0. The molecule has 0 spiro atoms. The number of hydrogen-bond donors (Lipinski definition) is 1. The van der Waals surface area contributed by atoms with E-state index in [4.69, 9.17) is 4.98 Å². The molecule has 0 bridgehead atoms. The molecule has 116 valence electrons. The first kappa shape index (κ1) is 14.0. The van der Waals surface area contributed by atoms with E-state index in [0.29, 0.717) is 0 Å². The van der Waals surface area contributed by atoms with E-state index in [-0.39, 0.29) is 11.9 Å². The first-order valence-electron chi connectivity index (χ1n) is 8.05. The van der Waals surface area contributed by atoms with Crippen LogP contribution in [0.25, 0.3) is 11.0 Å². The normalized spacial score (nSPS) is 17.8. The van der Waals surface area contributed by atoms with Gasteiger partial charge in [0.15, 0.2) is 0 Å². The van der Waals surface area contributed by atoms with Crippen molar-refractivity contribution in [3.63, 3.8) is 0 Å². The van der Waals surface area contributed by atoms with Gasteiger partial charge in [0.1, 0.15) is 5.82 Å². The van der Waals surface area contributed by atoms with Crippen LogP contribution >= 0.6 is 0 Å². The number of amides is 1. The lowest BCUT2D eigenvalue weighted by atomic mass is 10.1. The summed E-state index contributed by atoms with van der Waals surface area (Å²) in [6.45, 7) is 2.77. The molecular weight excluding hydrogens is 286 g/mol. The van der Waals surface area contributed by atoms with Crippen molar-refractivity contribution in [2.45, 2.75) is 25.8 Å². The van der Waals surface area contributed by atoms with E-state index in [1.165, 1.54) is 0 Å². The number of carbonyl (C=O) groups excluding carboxylic acids is 1. The van der Waals surface area contributed by atoms with Gasteiger partial charge in [-0.05, 0) is 43.5 Å². The largest absolute Gasteiger partial charge is 0.340 e. The molecule has 3 aromatic rings. The first-order valence-corrected chi connectivity index (χ1v) is 8.05. The second-order valence-corrected chi connectivity index (χ2v) is 6.11. The highest BCUT2D eigenvalue weighted by Gasteiger charge is 2.33. The minimum absolute atomic E-state index is 0.0366. The SMILES string of the molecule is Cc1ccccc1C(=O)N1CCCC1c1nc2ccccc2[nH]1. The lowest BCUT2D eigenvalue weighted by molar-refractivity contribution is 0.0730. The molecule has 4 nitrogen and oxygen atoms in total. The van der Waals surface area contributed by atoms with Gasteiger partial charge >= 0.3 is 0 Å². The molecule has 4 rings (SSSR count). The van der Waals surface area contributed by atoms with Crippen LogP contribution in [0.15, 0.2) is 48.5 Å². The number of hydrogen-bond acceptors (Lipinski definition) is 2. The number of carbonyl (C=O) groups is 1. The Morgan fingerprint density at radius 3 is 2.78 bits per heavy atom. The summed E-state index contributed by atoms with van der Waals surface area (Å²) in [6, 6.07) is 15.8. The Balaban J connectivity index is 1.69. The van der Waals surface area contributed by atoms with Crippen LogP contribution in [-0.2, 0) is 0 Å². The van der Waals surface area contributed by atoms with Crippen molar-refractivity contribution in [1.82, 2.24) is 14.9 Å². The van der Waals surface area contributed by atoms with Crippen molar-refractivity contribution in [2.24, 2.45) is 0 Å². The number of likely N-dealkylation sites (tertiary alicyclic amines) is 1. The zero-order valence-corrected chi connectivity index (χ0v) is 13.1. The van der Waals surface area contributed by atoms with Gasteiger partial charge in [0.2, 0.25) is 0 Å². The van der Waals surface area contributed by atoms with Gasteiger partial charge in [-0.3, -0.25) is 4.79 Å². The molecule has 2 heterocycles. The summed E-state index contributed by atoms with van der Waals surface area (Å²) >= 11 is 0. The predicted octanol–water partition coefficient (Wildman–Crippen LogP) is 3.85. The summed E-state index contributed by atoms with van der Waals surface area (Å²) in [6.07, 6.45) is 1.97. The summed E-state index contributed by atoms with van der Waals surface area (Å²) in [5.41, 5.74) is 3.79. The van der Waals surface area contributed by atoms with Crippen molar-refractivity contribution < 1.29 is 4.79 Å². The third kappa shape index (κ3) is 2.40. The Bertz CT molecular complexity index is 835. The van der Waals surface area contributed by atoms with Crippen LogP contribution in [0.2, 0.25) is 0 Å². The van der Waals surface area contributed by atoms with Gasteiger partial charge in [-0.1, -0.05) is 30.3 Å². The van der Waals surface area contributed by atoms with Crippen molar-refractivity contribution in [1.29, 1.82) is 0 Å². The standard InChI is InChI=1S/C19H19N3O/c1-13-7-2-3-8-14(13)19(23)22-12-6-11-17(22)18-20-15-9-4-5-10-16(15)21-18/h2-5,7-10,17H,6,11-12H2,1H3,(H,20,21). The van der Waals surface area contributed by atoms with Crippen LogP contribution < -0.4 is 0 Å². The molecule has 1 saturated heterocycles. The first-order chi connectivity index (χ1) is 11.2. The van der Waals surface area contributed by atoms with Crippen molar-refractivity contribution in [2.75, 3.05) is 6.54 Å². The Labute approximate surface area is 135 Å². The number of aromatic nitrogens is 2. The minimum Gasteiger partial charge on any atom is -0.340 e. The van der Waals surface area contributed by atoms with E-state index in [1.54, 1.807) is 0 Å². The minimum atomic E-state index is 0.0366. The molecule has 1 atom stereocenters. The zero-order valence-electron chi connectivity index (χ0n) is 13.1. The molecule has 2 aromatic carbocycles. The number of nitrogens with one attached hydrogen (secondary N) is 1. The average Bonchev–Trinajstić information content (AvgIpc) is 3.21. The number of H-pyrrole nitrogens is 1. The number of aromatic amines is 1. The highest BCUT2D eigenvalue weighted by atomic mass is 16.2. The third-order valence-electron chi connectivity index (χ3n) is 4.61. The number of rotatable bonds is 2. The quantitative estimate of drug-likeness (QED) is 0.782. The molecule has 1 unspecified atom stereocenters. The molecule has 23 heavy (non-hydrogen) atoms. The second kappa shape index (κ2) is 5.54. The second-order valence-electron chi connectivity index (χ2n) is 6.11. The van der Waals surface area contributed by atoms with Crippen molar-refractivity contribution in [3.05, 3.63) is 65.5 Å². The Morgan fingerprint density at radius 1 is 1.17 bits per heavy atom. The molecule has 4 heteroatoms. The monoisotopic (exact) mass is 305 g/mol. The number of fused-ring (bicyclic) bond motifs is 1. The summed E-state index contributed by atoms with van der Waals surface area (Å²) in [5.74, 6) is 0.997. The topological polar surface area (TPSA) is 49.0 Å². The molecule has 1 aliphatic heterocycles. The van der Waals surface area contributed by atoms with Gasteiger partial charge in [0.25, 0.3) is 5.91 Å². The van der Waals surface area contributed by atoms with Crippen LogP contribution in [0.3, 0.4) is 0 Å². The fourth-order valence-corrected chi connectivity index (χ4v) is 3.39. The maximum absolute atomic E-state index is 13.0. The van der Waals surface area contributed by atoms with Crippen molar-refractivity contribution in [3.8, 4) is 0 Å². The Morgan fingerprint density at radius 2 is 1.96 bits per heavy atom. The highest BCUT2D eigenvalue weighted by Crippen LogP contribution is 2.33. The van der Waals surface area contributed by atoms with E-state index in [9.17, 15) is 4.79 Å². The third-order valence-corrected chi connectivity index (χ3v) is 4.61. The Kier molecular flexibility index (Phi) is 3.37. The zero-order chi connectivity index (χ0) is 15.8. The molecule has 0 saturated carbocycles. The van der Waals surface area contributed by atoms with Crippen LogP contribution in [0.5, 0.6) is 0 Å². The van der Waals surface area contributed by atoms with E-state index in [1.807, 2.05) is 60.4 Å². The van der Waals surface area contributed by atoms with Gasteiger partial charge in [-0.15, -0.1) is 0 Å². The summed E-state index contributed by atoms with van der Waals surface area (Å²) < 4.78 is 0. The highest BCUT2D eigenvalue weighted by molar-refractivity contribution is 5.96. The van der Waals surface area contributed by atoms with E-state index in [0.717, 1.165) is 47.4 Å². The average molecular weight is 305 g/mol. The van der Waals surface area contributed by atoms with E-state index in [2.05, 4.69) is 4.98 Å². The molecule has 1 aliphatic rings. The fourth-order valence-electron chi connectivity index (χ4n) is 3.39. The fraction of sp³-hybridized carbons (Fsp3) is 0.263. The predicted molar refractivity (Wildman–Crippen MR) is 90.3 cm³/mol. The lowest BCUT2D eigenvalue weighted by Crippen LogP contribution is -2.31. The van der Waals surface area contributed by atoms with E-state index < -0.39 is 0 Å². The summed E-state index contributed by atoms with van der Waals surface area (Å²) in [7, 11) is 0. The van der Waals surface area contributed by atoms with Gasteiger partial charge in [0.05, 0.1) is 17.1 Å². The van der Waals surface area contributed by atoms with Gasteiger partial charge in [-0.2, -0.15) is 0 Å². The van der Waals surface area contributed by atoms with Gasteiger partial charge < -0.3 is 9.88 Å². The molecule has 0 aliphatic carbocycles. The van der Waals surface area contributed by atoms with E-state index >= 15 is 0 Å². The van der Waals surface area contributed by atoms with Crippen LogP contribution in [0, 0.1) is 6.92 Å². The van der Waals surface area contributed by atoms with Crippen molar-refractivity contribution >= 4 is 16.9 Å². The smallest absolute Gasteiger partial charge is 0.254 e. The van der Waals surface area contributed by atoms with Crippen LogP contribution in [0.1, 0.15) is 40.6 Å². The maximum Gasteiger partial charge on any atom is 0.254 e.